The zero-order chi connectivity index (χ0) is 27.0. The molecule has 2 atom stereocenters. The van der Waals surface area contributed by atoms with Gasteiger partial charge in [0, 0.05) is 28.7 Å². The Kier molecular flexibility index (Phi) is 8.17. The molecule has 2 saturated heterocycles. The number of ether oxygens (including phenoxy) is 1. The zero-order valence-corrected chi connectivity index (χ0v) is 23.0. The van der Waals surface area contributed by atoms with E-state index in [1.54, 1.807) is 12.1 Å². The third kappa shape index (κ3) is 5.80. The molecule has 1 aliphatic carbocycles. The molecule has 2 aromatic carbocycles. The van der Waals surface area contributed by atoms with Crippen LogP contribution in [0, 0.1) is 11.7 Å². The molecule has 6 nitrogen and oxygen atoms in total. The highest BCUT2D eigenvalue weighted by Crippen LogP contribution is 2.45. The lowest BCUT2D eigenvalue weighted by Gasteiger charge is -2.36. The van der Waals surface area contributed by atoms with Crippen LogP contribution in [0.25, 0.3) is 0 Å². The molecule has 0 spiro atoms. The molecule has 2 aliphatic heterocycles. The third-order valence-corrected chi connectivity index (χ3v) is 8.79. The summed E-state index contributed by atoms with van der Waals surface area (Å²) in [7, 11) is 0. The normalized spacial score (nSPS) is 21.5. The SMILES string of the molecule is CC(c1ccc(Cl)cc1Cl)N1CCC(COc2cc(F)c(C(=O)N3CCC[C@H]3C(=O)O)cc2C2CC2)CC1. The summed E-state index contributed by atoms with van der Waals surface area (Å²) in [5.74, 6) is -1.16. The van der Waals surface area contributed by atoms with E-state index in [9.17, 15) is 14.7 Å². The summed E-state index contributed by atoms with van der Waals surface area (Å²) in [5.41, 5.74) is 1.85. The Balaban J connectivity index is 1.22. The molecule has 2 heterocycles. The van der Waals surface area contributed by atoms with Crippen molar-refractivity contribution in [2.45, 2.75) is 63.5 Å². The Morgan fingerprint density at radius 1 is 1.08 bits per heavy atom. The fourth-order valence-corrected chi connectivity index (χ4v) is 6.31. The topological polar surface area (TPSA) is 70.1 Å². The minimum Gasteiger partial charge on any atom is -0.493 e. The van der Waals surface area contributed by atoms with Crippen LogP contribution in [0.1, 0.15) is 78.9 Å². The average Bonchev–Trinajstić information content (AvgIpc) is 3.61. The molecule has 0 aromatic heterocycles. The first-order valence-corrected chi connectivity index (χ1v) is 14.2. The zero-order valence-electron chi connectivity index (χ0n) is 21.5. The van der Waals surface area contributed by atoms with Crippen molar-refractivity contribution in [1.82, 2.24) is 9.80 Å². The number of rotatable bonds is 8. The van der Waals surface area contributed by atoms with E-state index in [0.717, 1.165) is 49.9 Å². The molecule has 9 heteroatoms. The van der Waals surface area contributed by atoms with Gasteiger partial charge < -0.3 is 14.7 Å². The molecule has 38 heavy (non-hydrogen) atoms. The number of carboxylic acids is 1. The lowest BCUT2D eigenvalue weighted by atomic mass is 9.95. The van der Waals surface area contributed by atoms with Crippen molar-refractivity contribution in [2.75, 3.05) is 26.2 Å². The minimum absolute atomic E-state index is 0.0597. The van der Waals surface area contributed by atoms with E-state index < -0.39 is 23.7 Å². The number of aliphatic carboxylic acids is 1. The van der Waals surface area contributed by atoms with E-state index >= 15 is 4.39 Å². The summed E-state index contributed by atoms with van der Waals surface area (Å²) in [6.07, 6.45) is 4.86. The summed E-state index contributed by atoms with van der Waals surface area (Å²) in [4.78, 5) is 28.3. The number of hydrogen-bond acceptors (Lipinski definition) is 4. The molecule has 0 radical (unpaired) electrons. The van der Waals surface area contributed by atoms with Crippen LogP contribution in [0.15, 0.2) is 30.3 Å². The van der Waals surface area contributed by atoms with Gasteiger partial charge in [0.25, 0.3) is 5.91 Å². The van der Waals surface area contributed by atoms with Gasteiger partial charge in [0.2, 0.25) is 0 Å². The Morgan fingerprint density at radius 2 is 1.82 bits per heavy atom. The minimum atomic E-state index is -1.05. The molecule has 5 rings (SSSR count). The highest BCUT2D eigenvalue weighted by molar-refractivity contribution is 6.35. The lowest BCUT2D eigenvalue weighted by Crippen LogP contribution is -2.40. The Hall–Kier alpha value is -2.35. The number of hydrogen-bond donors (Lipinski definition) is 1. The number of halogens is 3. The first-order chi connectivity index (χ1) is 18.2. The maximum Gasteiger partial charge on any atom is 0.326 e. The first kappa shape index (κ1) is 27.2. The van der Waals surface area contributed by atoms with Gasteiger partial charge in [-0.15, -0.1) is 0 Å². The van der Waals surface area contributed by atoms with E-state index in [1.165, 1.54) is 11.0 Å². The standard InChI is InChI=1S/C29H33Cl2FN2O4/c1-17(21-7-6-20(30)13-24(21)31)33-11-8-18(9-12-33)16-38-27-15-25(32)23(14-22(27)19-4-5-19)28(35)34-10-2-3-26(34)29(36)37/h6-7,13-15,17-19,26H,2-5,8-12,16H2,1H3,(H,36,37)/t17?,26-/m0/s1. The average molecular weight is 563 g/mol. The highest BCUT2D eigenvalue weighted by atomic mass is 35.5. The molecule has 3 fully saturated rings. The van der Waals surface area contributed by atoms with Crippen LogP contribution >= 0.6 is 23.2 Å². The van der Waals surface area contributed by atoms with Crippen molar-refractivity contribution in [3.63, 3.8) is 0 Å². The molecular formula is C29H33Cl2FN2O4. The van der Waals surface area contributed by atoms with E-state index in [2.05, 4.69) is 11.8 Å². The second-order valence-electron chi connectivity index (χ2n) is 10.8. The van der Waals surface area contributed by atoms with Gasteiger partial charge in [0.05, 0.1) is 12.2 Å². The van der Waals surface area contributed by atoms with Gasteiger partial charge in [0.1, 0.15) is 17.6 Å². The maximum absolute atomic E-state index is 15.2. The number of piperidine rings is 1. The monoisotopic (exact) mass is 562 g/mol. The van der Waals surface area contributed by atoms with E-state index in [-0.39, 0.29) is 17.5 Å². The Bertz CT molecular complexity index is 1210. The van der Waals surface area contributed by atoms with Gasteiger partial charge in [-0.2, -0.15) is 0 Å². The molecule has 204 valence electrons. The molecule has 1 saturated carbocycles. The van der Waals surface area contributed by atoms with E-state index in [4.69, 9.17) is 27.9 Å². The number of carbonyl (C=O) groups excluding carboxylic acids is 1. The summed E-state index contributed by atoms with van der Waals surface area (Å²) in [5, 5.41) is 10.7. The summed E-state index contributed by atoms with van der Waals surface area (Å²) >= 11 is 12.5. The highest BCUT2D eigenvalue weighted by Gasteiger charge is 2.37. The number of nitrogens with zero attached hydrogens (tertiary/aromatic N) is 2. The molecule has 3 aliphatic rings. The number of likely N-dealkylation sites (tertiary alicyclic amines) is 2. The van der Waals surface area contributed by atoms with E-state index in [0.29, 0.717) is 47.7 Å². The predicted molar refractivity (Wildman–Crippen MR) is 145 cm³/mol. The van der Waals surface area contributed by atoms with Gasteiger partial charge in [0.15, 0.2) is 0 Å². The second-order valence-corrected chi connectivity index (χ2v) is 11.6. The van der Waals surface area contributed by atoms with Gasteiger partial charge in [-0.25, -0.2) is 9.18 Å². The van der Waals surface area contributed by atoms with Crippen LogP contribution in [0.5, 0.6) is 5.75 Å². The van der Waals surface area contributed by atoms with Crippen molar-refractivity contribution in [3.05, 3.63) is 62.9 Å². The second kappa shape index (κ2) is 11.4. The molecule has 1 unspecified atom stereocenters. The number of benzene rings is 2. The van der Waals surface area contributed by atoms with Crippen molar-refractivity contribution >= 4 is 35.1 Å². The summed E-state index contributed by atoms with van der Waals surface area (Å²) < 4.78 is 21.3. The van der Waals surface area contributed by atoms with Crippen molar-refractivity contribution in [3.8, 4) is 5.75 Å². The Labute approximate surface area is 232 Å². The number of carboxylic acid groups (broad SMARTS) is 1. The Morgan fingerprint density at radius 3 is 2.47 bits per heavy atom. The van der Waals surface area contributed by atoms with Crippen LogP contribution in [0.4, 0.5) is 4.39 Å². The van der Waals surface area contributed by atoms with Gasteiger partial charge in [-0.3, -0.25) is 9.69 Å². The number of amides is 1. The number of carbonyl (C=O) groups is 2. The van der Waals surface area contributed by atoms with Crippen LogP contribution < -0.4 is 4.74 Å². The molecule has 2 aromatic rings. The fourth-order valence-electron chi connectivity index (χ4n) is 5.75. The molecule has 1 amide bonds. The summed E-state index contributed by atoms with van der Waals surface area (Å²) in [6, 6.07) is 7.84. The third-order valence-electron chi connectivity index (χ3n) is 8.23. The molecule has 0 bridgehead atoms. The maximum atomic E-state index is 15.2. The van der Waals surface area contributed by atoms with Crippen LogP contribution in [0.3, 0.4) is 0 Å². The van der Waals surface area contributed by atoms with Gasteiger partial charge in [-0.1, -0.05) is 29.3 Å². The van der Waals surface area contributed by atoms with Crippen molar-refractivity contribution in [1.29, 1.82) is 0 Å². The lowest BCUT2D eigenvalue weighted by molar-refractivity contribution is -0.141. The summed E-state index contributed by atoms with van der Waals surface area (Å²) in [6.45, 7) is 4.79. The molecule has 1 N–H and O–H groups in total. The fraction of sp³-hybridized carbons (Fsp3) is 0.517. The van der Waals surface area contributed by atoms with Crippen LogP contribution in [-0.2, 0) is 4.79 Å². The predicted octanol–water partition coefficient (Wildman–Crippen LogP) is 6.55. The van der Waals surface area contributed by atoms with Crippen LogP contribution in [-0.4, -0.2) is 59.1 Å². The first-order valence-electron chi connectivity index (χ1n) is 13.4. The largest absolute Gasteiger partial charge is 0.493 e. The smallest absolute Gasteiger partial charge is 0.326 e. The van der Waals surface area contributed by atoms with Crippen LogP contribution in [0.2, 0.25) is 10.0 Å². The van der Waals surface area contributed by atoms with Gasteiger partial charge >= 0.3 is 5.97 Å². The van der Waals surface area contributed by atoms with Gasteiger partial charge in [-0.05, 0) is 99.7 Å². The van der Waals surface area contributed by atoms with Crippen molar-refractivity contribution in [2.24, 2.45) is 5.92 Å². The quantitative estimate of drug-likeness (QED) is 0.395. The van der Waals surface area contributed by atoms with Crippen molar-refractivity contribution < 1.29 is 23.8 Å². The van der Waals surface area contributed by atoms with E-state index in [1.807, 2.05) is 12.1 Å². The molecular weight excluding hydrogens is 530 g/mol.